The second-order valence-electron chi connectivity index (χ2n) is 3.77. The second-order valence-corrected chi connectivity index (χ2v) is 3.77. The molecule has 1 N–H and O–H groups in total. The zero-order chi connectivity index (χ0) is 12.3. The lowest BCUT2D eigenvalue weighted by molar-refractivity contribution is 0.0687. The highest BCUT2D eigenvalue weighted by atomic mass is 16.5. The van der Waals surface area contributed by atoms with Crippen LogP contribution < -0.4 is 9.47 Å². The Balaban J connectivity index is 2.22. The Kier molecular flexibility index (Phi) is 3.49. The third kappa shape index (κ3) is 2.68. The summed E-state index contributed by atoms with van der Waals surface area (Å²) in [6.45, 7) is 1.16. The van der Waals surface area contributed by atoms with Crippen molar-refractivity contribution in [2.45, 2.75) is 12.5 Å². The van der Waals surface area contributed by atoms with Gasteiger partial charge in [-0.1, -0.05) is 0 Å². The highest BCUT2D eigenvalue weighted by Gasteiger charge is 2.20. The van der Waals surface area contributed by atoms with Gasteiger partial charge in [-0.3, -0.25) is 0 Å². The van der Waals surface area contributed by atoms with E-state index in [9.17, 15) is 4.79 Å². The summed E-state index contributed by atoms with van der Waals surface area (Å²) in [5.74, 6) is -0.177. The van der Waals surface area contributed by atoms with Gasteiger partial charge in [0.05, 0.1) is 20.3 Å². The molecule has 0 radical (unpaired) electrons. The first-order chi connectivity index (χ1) is 8.20. The molecule has 0 aliphatic carbocycles. The third-order valence-electron chi connectivity index (χ3n) is 2.60. The van der Waals surface area contributed by atoms with Crippen molar-refractivity contribution in [3.8, 4) is 11.5 Å². The van der Waals surface area contributed by atoms with Crippen LogP contribution in [0.4, 0.5) is 0 Å². The van der Waals surface area contributed by atoms with Gasteiger partial charge in [0, 0.05) is 6.42 Å². The molecular weight excluding hydrogens is 224 g/mol. The smallest absolute Gasteiger partial charge is 0.339 e. The maximum absolute atomic E-state index is 11.1. The Morgan fingerprint density at radius 3 is 2.94 bits per heavy atom. The predicted octanol–water partition coefficient (Wildman–Crippen LogP) is 1.56. The summed E-state index contributed by atoms with van der Waals surface area (Å²) < 4.78 is 15.8. The quantitative estimate of drug-likeness (QED) is 0.862. The van der Waals surface area contributed by atoms with Gasteiger partial charge in [-0.25, -0.2) is 4.79 Å². The zero-order valence-electron chi connectivity index (χ0n) is 9.51. The lowest BCUT2D eigenvalue weighted by atomic mass is 10.2. The Morgan fingerprint density at radius 1 is 1.53 bits per heavy atom. The van der Waals surface area contributed by atoms with Gasteiger partial charge in [-0.15, -0.1) is 0 Å². The number of hydrogen-bond donors (Lipinski definition) is 1. The van der Waals surface area contributed by atoms with Gasteiger partial charge in [0.1, 0.15) is 23.2 Å². The summed E-state index contributed by atoms with van der Waals surface area (Å²) in [6.07, 6.45) is 0.715. The molecule has 2 rings (SSSR count). The van der Waals surface area contributed by atoms with Crippen molar-refractivity contribution in [2.75, 3.05) is 20.3 Å². The van der Waals surface area contributed by atoms with Crippen LogP contribution >= 0.6 is 0 Å². The fourth-order valence-electron chi connectivity index (χ4n) is 1.69. The molecule has 0 spiro atoms. The molecule has 1 unspecified atom stereocenters. The first kappa shape index (κ1) is 11.7. The molecule has 1 aromatic carbocycles. The van der Waals surface area contributed by atoms with Crippen LogP contribution in [0.25, 0.3) is 0 Å². The van der Waals surface area contributed by atoms with Crippen LogP contribution in [0.15, 0.2) is 18.2 Å². The van der Waals surface area contributed by atoms with E-state index in [-0.39, 0.29) is 11.7 Å². The van der Waals surface area contributed by atoms with Gasteiger partial charge >= 0.3 is 5.97 Å². The number of methoxy groups -OCH3 is 1. The van der Waals surface area contributed by atoms with Crippen molar-refractivity contribution in [2.24, 2.45) is 0 Å². The van der Waals surface area contributed by atoms with E-state index in [1.807, 2.05) is 0 Å². The van der Waals surface area contributed by atoms with Gasteiger partial charge in [-0.2, -0.15) is 0 Å². The van der Waals surface area contributed by atoms with Gasteiger partial charge in [0.15, 0.2) is 0 Å². The monoisotopic (exact) mass is 238 g/mol. The molecule has 92 valence electrons. The lowest BCUT2D eigenvalue weighted by Crippen LogP contribution is -2.17. The highest BCUT2D eigenvalue weighted by Crippen LogP contribution is 2.26. The largest absolute Gasteiger partial charge is 0.497 e. The van der Waals surface area contributed by atoms with E-state index in [2.05, 4.69) is 0 Å². The van der Waals surface area contributed by atoms with Crippen molar-refractivity contribution < 1.29 is 24.1 Å². The first-order valence-corrected chi connectivity index (χ1v) is 5.36. The van der Waals surface area contributed by atoms with Crippen LogP contribution in [0.1, 0.15) is 16.8 Å². The van der Waals surface area contributed by atoms with E-state index in [4.69, 9.17) is 19.3 Å². The third-order valence-corrected chi connectivity index (χ3v) is 2.60. The summed E-state index contributed by atoms with van der Waals surface area (Å²) in [4.78, 5) is 11.1. The number of carboxylic acids is 1. The fraction of sp³-hybridized carbons (Fsp3) is 0.417. The van der Waals surface area contributed by atoms with E-state index >= 15 is 0 Å². The molecule has 0 saturated carbocycles. The van der Waals surface area contributed by atoms with Crippen molar-refractivity contribution in [1.82, 2.24) is 0 Å². The molecule has 1 heterocycles. The van der Waals surface area contributed by atoms with E-state index < -0.39 is 5.97 Å². The van der Waals surface area contributed by atoms with Crippen LogP contribution in [-0.4, -0.2) is 37.5 Å². The van der Waals surface area contributed by atoms with E-state index in [1.54, 1.807) is 12.1 Å². The van der Waals surface area contributed by atoms with Crippen LogP contribution in [0.2, 0.25) is 0 Å². The molecule has 5 heteroatoms. The summed E-state index contributed by atoms with van der Waals surface area (Å²) in [5, 5.41) is 9.09. The standard InChI is InChI=1S/C12H14O5/c1-15-8-2-3-11(10(6-8)12(13)14)17-9-4-5-16-7-9/h2-3,6,9H,4-5,7H2,1H3,(H,13,14). The van der Waals surface area contributed by atoms with Crippen molar-refractivity contribution in [1.29, 1.82) is 0 Å². The molecule has 1 saturated heterocycles. The van der Waals surface area contributed by atoms with E-state index in [0.29, 0.717) is 24.7 Å². The van der Waals surface area contributed by atoms with Gasteiger partial charge in [0.2, 0.25) is 0 Å². The minimum absolute atomic E-state index is 0.0681. The SMILES string of the molecule is COc1ccc(OC2CCOC2)c(C(=O)O)c1. The predicted molar refractivity (Wildman–Crippen MR) is 59.8 cm³/mol. The number of carboxylic acid groups (broad SMARTS) is 1. The number of rotatable bonds is 4. The summed E-state index contributed by atoms with van der Waals surface area (Å²) in [6, 6.07) is 4.74. The molecule has 1 aromatic rings. The van der Waals surface area contributed by atoms with E-state index in [0.717, 1.165) is 6.42 Å². The van der Waals surface area contributed by atoms with Crippen LogP contribution in [0, 0.1) is 0 Å². The minimum Gasteiger partial charge on any atom is -0.497 e. The Hall–Kier alpha value is -1.75. The number of hydrogen-bond acceptors (Lipinski definition) is 4. The van der Waals surface area contributed by atoms with Crippen molar-refractivity contribution in [3.05, 3.63) is 23.8 Å². The molecule has 1 aliphatic rings. The van der Waals surface area contributed by atoms with Crippen LogP contribution in [-0.2, 0) is 4.74 Å². The molecule has 1 fully saturated rings. The normalized spacial score (nSPS) is 19.0. The van der Waals surface area contributed by atoms with Crippen molar-refractivity contribution >= 4 is 5.97 Å². The van der Waals surface area contributed by atoms with Crippen LogP contribution in [0.3, 0.4) is 0 Å². The number of aromatic carboxylic acids is 1. The molecule has 1 atom stereocenters. The first-order valence-electron chi connectivity index (χ1n) is 5.36. The van der Waals surface area contributed by atoms with Gasteiger partial charge < -0.3 is 19.3 Å². The molecule has 0 amide bonds. The molecule has 1 aliphatic heterocycles. The maximum atomic E-state index is 11.1. The Labute approximate surface area is 98.9 Å². The molecule has 0 aromatic heterocycles. The Bertz CT molecular complexity index is 409. The Morgan fingerprint density at radius 2 is 2.35 bits per heavy atom. The van der Waals surface area contributed by atoms with Gasteiger partial charge in [0.25, 0.3) is 0 Å². The molecule has 17 heavy (non-hydrogen) atoms. The minimum atomic E-state index is -1.03. The molecule has 0 bridgehead atoms. The average molecular weight is 238 g/mol. The average Bonchev–Trinajstić information content (AvgIpc) is 2.82. The van der Waals surface area contributed by atoms with E-state index in [1.165, 1.54) is 13.2 Å². The zero-order valence-corrected chi connectivity index (χ0v) is 9.51. The number of carbonyl (C=O) groups is 1. The van der Waals surface area contributed by atoms with Gasteiger partial charge in [-0.05, 0) is 18.2 Å². The summed E-state index contributed by atoms with van der Waals surface area (Å²) in [7, 11) is 1.49. The molecular formula is C12H14O5. The maximum Gasteiger partial charge on any atom is 0.339 e. The fourth-order valence-corrected chi connectivity index (χ4v) is 1.69. The highest BCUT2D eigenvalue weighted by molar-refractivity contribution is 5.91. The second kappa shape index (κ2) is 5.05. The van der Waals surface area contributed by atoms with Crippen LogP contribution in [0.5, 0.6) is 11.5 Å². The topological polar surface area (TPSA) is 65.0 Å². The summed E-state index contributed by atoms with van der Waals surface area (Å²) >= 11 is 0. The number of benzene rings is 1. The van der Waals surface area contributed by atoms with Crippen molar-refractivity contribution in [3.63, 3.8) is 0 Å². The molecule has 5 nitrogen and oxygen atoms in total. The lowest BCUT2D eigenvalue weighted by Gasteiger charge is -2.14. The summed E-state index contributed by atoms with van der Waals surface area (Å²) in [5.41, 5.74) is 0.108. The number of ether oxygens (including phenoxy) is 3.